The van der Waals surface area contributed by atoms with Gasteiger partial charge in [0.15, 0.2) is 0 Å². The van der Waals surface area contributed by atoms with Crippen LogP contribution in [0.2, 0.25) is 0 Å². The van der Waals surface area contributed by atoms with Crippen molar-refractivity contribution in [2.75, 3.05) is 32.8 Å². The van der Waals surface area contributed by atoms with Crippen molar-refractivity contribution in [3.05, 3.63) is 10.6 Å². The lowest BCUT2D eigenvalue weighted by molar-refractivity contribution is 0.0342. The number of hydrogen-bond acceptors (Lipinski definition) is 6. The van der Waals surface area contributed by atoms with Crippen LogP contribution in [0.3, 0.4) is 0 Å². The van der Waals surface area contributed by atoms with E-state index in [9.17, 15) is 4.79 Å². The van der Waals surface area contributed by atoms with E-state index in [-0.39, 0.29) is 11.9 Å². The molecule has 1 unspecified atom stereocenters. The highest BCUT2D eigenvalue weighted by atomic mass is 32.1. The first kappa shape index (κ1) is 14.4. The van der Waals surface area contributed by atoms with Crippen LogP contribution in [-0.2, 0) is 11.2 Å². The number of morpholine rings is 1. The van der Waals surface area contributed by atoms with Crippen molar-refractivity contribution < 1.29 is 9.53 Å². The molecule has 1 aromatic rings. The third kappa shape index (κ3) is 3.95. The van der Waals surface area contributed by atoms with E-state index in [1.54, 1.807) is 0 Å². The molecule has 1 amide bonds. The summed E-state index contributed by atoms with van der Waals surface area (Å²) < 4.78 is 9.15. The minimum Gasteiger partial charge on any atom is -0.379 e. The molecule has 0 spiro atoms. The van der Waals surface area contributed by atoms with E-state index in [1.165, 1.54) is 0 Å². The monoisotopic (exact) mass is 284 g/mol. The summed E-state index contributed by atoms with van der Waals surface area (Å²) in [6.45, 7) is 8.27. The first-order valence-electron chi connectivity index (χ1n) is 6.63. The number of carbonyl (C=O) groups is 1. The number of rotatable bonds is 5. The van der Waals surface area contributed by atoms with Gasteiger partial charge in [-0.2, -0.15) is 0 Å². The van der Waals surface area contributed by atoms with Crippen molar-refractivity contribution in [2.24, 2.45) is 0 Å². The van der Waals surface area contributed by atoms with Gasteiger partial charge in [0, 0.05) is 25.7 Å². The second-order valence-corrected chi connectivity index (χ2v) is 5.44. The number of nitrogens with one attached hydrogen (secondary N) is 1. The Morgan fingerprint density at radius 3 is 2.95 bits per heavy atom. The van der Waals surface area contributed by atoms with E-state index in [0.717, 1.165) is 56.5 Å². The van der Waals surface area contributed by atoms with Crippen LogP contribution >= 0.6 is 11.5 Å². The molecule has 19 heavy (non-hydrogen) atoms. The Morgan fingerprint density at radius 2 is 2.26 bits per heavy atom. The minimum absolute atomic E-state index is 0.0624. The molecule has 0 radical (unpaired) electrons. The van der Waals surface area contributed by atoms with Crippen molar-refractivity contribution in [1.29, 1.82) is 0 Å². The van der Waals surface area contributed by atoms with Crippen LogP contribution in [0, 0.1) is 0 Å². The Balaban J connectivity index is 1.84. The van der Waals surface area contributed by atoms with Gasteiger partial charge in [-0.1, -0.05) is 11.4 Å². The molecule has 1 aliphatic rings. The number of aromatic nitrogens is 2. The number of aryl methyl sites for hydroxylation is 1. The molecule has 1 atom stereocenters. The molecule has 6 nitrogen and oxygen atoms in total. The molecule has 1 N–H and O–H groups in total. The molecule has 1 aromatic heterocycles. The summed E-state index contributed by atoms with van der Waals surface area (Å²) >= 11 is 1.16. The smallest absolute Gasteiger partial charge is 0.265 e. The van der Waals surface area contributed by atoms with Gasteiger partial charge in [0.1, 0.15) is 4.88 Å². The summed E-state index contributed by atoms with van der Waals surface area (Å²) in [5.41, 5.74) is 0.779. The van der Waals surface area contributed by atoms with Crippen LogP contribution in [0.25, 0.3) is 0 Å². The average molecular weight is 284 g/mol. The van der Waals surface area contributed by atoms with Crippen molar-refractivity contribution in [3.63, 3.8) is 0 Å². The Labute approximate surface area is 117 Å². The van der Waals surface area contributed by atoms with E-state index in [0.29, 0.717) is 4.88 Å². The van der Waals surface area contributed by atoms with Gasteiger partial charge in [-0.05, 0) is 24.9 Å². The maximum absolute atomic E-state index is 12.1. The lowest BCUT2D eigenvalue weighted by Gasteiger charge is -2.29. The number of nitrogens with zero attached hydrogens (tertiary/aromatic N) is 3. The van der Waals surface area contributed by atoms with Gasteiger partial charge in [-0.25, -0.2) is 0 Å². The Hall–Kier alpha value is -1.05. The van der Waals surface area contributed by atoms with Gasteiger partial charge in [-0.15, -0.1) is 5.10 Å². The number of carbonyl (C=O) groups excluding carboxylic acids is 1. The molecule has 0 bridgehead atoms. The second-order valence-electron chi connectivity index (χ2n) is 4.69. The highest BCUT2D eigenvalue weighted by Gasteiger charge is 2.19. The zero-order valence-electron chi connectivity index (χ0n) is 11.4. The summed E-state index contributed by atoms with van der Waals surface area (Å²) in [7, 11) is 0. The molecular weight excluding hydrogens is 264 g/mol. The summed E-state index contributed by atoms with van der Waals surface area (Å²) in [4.78, 5) is 15.1. The van der Waals surface area contributed by atoms with Crippen LogP contribution in [0.15, 0.2) is 0 Å². The maximum atomic E-state index is 12.1. The van der Waals surface area contributed by atoms with Crippen LogP contribution in [0.4, 0.5) is 0 Å². The highest BCUT2D eigenvalue weighted by molar-refractivity contribution is 7.08. The van der Waals surface area contributed by atoms with Gasteiger partial charge in [-0.3, -0.25) is 9.69 Å². The summed E-state index contributed by atoms with van der Waals surface area (Å²) in [5.74, 6) is -0.0624. The molecule has 1 aliphatic heterocycles. The first-order valence-corrected chi connectivity index (χ1v) is 7.40. The maximum Gasteiger partial charge on any atom is 0.265 e. The Bertz CT molecular complexity index is 418. The predicted octanol–water partition coefficient (Wildman–Crippen LogP) is 0.551. The van der Waals surface area contributed by atoms with Crippen LogP contribution < -0.4 is 5.32 Å². The van der Waals surface area contributed by atoms with E-state index in [2.05, 4.69) is 19.8 Å². The Morgan fingerprint density at radius 1 is 1.53 bits per heavy atom. The zero-order chi connectivity index (χ0) is 13.7. The van der Waals surface area contributed by atoms with Crippen molar-refractivity contribution in [3.8, 4) is 0 Å². The molecule has 7 heteroatoms. The summed E-state index contributed by atoms with van der Waals surface area (Å²) in [6.07, 6.45) is 0.733. The summed E-state index contributed by atoms with van der Waals surface area (Å²) in [5, 5.41) is 6.97. The van der Waals surface area contributed by atoms with E-state index < -0.39 is 0 Å². The van der Waals surface area contributed by atoms with E-state index >= 15 is 0 Å². The summed E-state index contributed by atoms with van der Waals surface area (Å²) in [6, 6.07) is 0.109. The normalized spacial score (nSPS) is 18.2. The average Bonchev–Trinajstić information content (AvgIpc) is 2.88. The molecule has 2 rings (SSSR count). The van der Waals surface area contributed by atoms with Crippen LogP contribution in [-0.4, -0.2) is 59.3 Å². The third-order valence-corrected chi connectivity index (χ3v) is 3.88. The highest BCUT2D eigenvalue weighted by Crippen LogP contribution is 2.11. The predicted molar refractivity (Wildman–Crippen MR) is 73.5 cm³/mol. The van der Waals surface area contributed by atoms with Gasteiger partial charge in [0.2, 0.25) is 0 Å². The van der Waals surface area contributed by atoms with Gasteiger partial charge < -0.3 is 10.1 Å². The van der Waals surface area contributed by atoms with Crippen molar-refractivity contribution in [1.82, 2.24) is 19.8 Å². The molecule has 1 saturated heterocycles. The fraction of sp³-hybridized carbons (Fsp3) is 0.750. The quantitative estimate of drug-likeness (QED) is 0.855. The van der Waals surface area contributed by atoms with Gasteiger partial charge in [0.05, 0.1) is 18.9 Å². The van der Waals surface area contributed by atoms with Crippen molar-refractivity contribution in [2.45, 2.75) is 26.3 Å². The first-order chi connectivity index (χ1) is 9.20. The topological polar surface area (TPSA) is 67.4 Å². The SMILES string of the molecule is CCc1nnsc1C(=O)NC(C)CN1CCOCC1. The van der Waals surface area contributed by atoms with Crippen LogP contribution in [0.1, 0.15) is 29.2 Å². The number of hydrogen-bond donors (Lipinski definition) is 1. The lowest BCUT2D eigenvalue weighted by Crippen LogP contribution is -2.46. The number of ether oxygens (including phenoxy) is 1. The largest absolute Gasteiger partial charge is 0.379 e. The molecule has 2 heterocycles. The third-order valence-electron chi connectivity index (χ3n) is 3.11. The molecule has 1 fully saturated rings. The fourth-order valence-electron chi connectivity index (χ4n) is 2.12. The Kier molecular flexibility index (Phi) is 5.24. The van der Waals surface area contributed by atoms with E-state index in [1.807, 2.05) is 13.8 Å². The van der Waals surface area contributed by atoms with Gasteiger partial charge in [0.25, 0.3) is 5.91 Å². The molecule has 106 valence electrons. The zero-order valence-corrected chi connectivity index (χ0v) is 12.2. The number of amides is 1. The van der Waals surface area contributed by atoms with Gasteiger partial charge >= 0.3 is 0 Å². The molecule has 0 aliphatic carbocycles. The second kappa shape index (κ2) is 6.93. The molecular formula is C12H20N4O2S. The van der Waals surface area contributed by atoms with Crippen LogP contribution in [0.5, 0.6) is 0 Å². The standard InChI is InChI=1S/C12H20N4O2S/c1-3-10-11(19-15-14-10)12(17)13-9(2)8-16-4-6-18-7-5-16/h9H,3-8H2,1-2H3,(H,13,17). The van der Waals surface area contributed by atoms with E-state index in [4.69, 9.17) is 4.74 Å². The van der Waals surface area contributed by atoms with Crippen molar-refractivity contribution >= 4 is 17.4 Å². The molecule has 0 aromatic carbocycles. The fourth-order valence-corrected chi connectivity index (χ4v) is 2.77. The molecule has 0 saturated carbocycles. The minimum atomic E-state index is -0.0624. The lowest BCUT2D eigenvalue weighted by atomic mass is 10.2.